The van der Waals surface area contributed by atoms with Crippen molar-refractivity contribution in [3.63, 3.8) is 0 Å². The molecule has 0 spiro atoms. The number of aromatic nitrogens is 1. The van der Waals surface area contributed by atoms with Crippen molar-refractivity contribution in [2.45, 2.75) is 52.4 Å². The fourth-order valence-electron chi connectivity index (χ4n) is 2.83. The van der Waals surface area contributed by atoms with Crippen LogP contribution in [0, 0.1) is 17.2 Å². The number of hydrogen-bond acceptors (Lipinski definition) is 3. The van der Waals surface area contributed by atoms with Crippen LogP contribution < -0.4 is 4.74 Å². The van der Waals surface area contributed by atoms with Crippen molar-refractivity contribution >= 4 is 0 Å². The van der Waals surface area contributed by atoms with Crippen LogP contribution >= 0.6 is 0 Å². The van der Waals surface area contributed by atoms with Gasteiger partial charge in [-0.05, 0) is 55.5 Å². The van der Waals surface area contributed by atoms with Gasteiger partial charge < -0.3 is 4.74 Å². The smallest absolute Gasteiger partial charge is 0.128 e. The van der Waals surface area contributed by atoms with Crippen LogP contribution in [-0.4, -0.2) is 11.6 Å². The lowest BCUT2D eigenvalue weighted by Crippen LogP contribution is -2.05. The van der Waals surface area contributed by atoms with E-state index in [-0.39, 0.29) is 5.92 Å². The highest BCUT2D eigenvalue weighted by Gasteiger charge is 2.10. The number of aryl methyl sites for hydroxylation is 1. The van der Waals surface area contributed by atoms with Crippen molar-refractivity contribution < 1.29 is 4.74 Å². The molecule has 0 amide bonds. The van der Waals surface area contributed by atoms with Crippen LogP contribution in [0.5, 0.6) is 5.75 Å². The van der Waals surface area contributed by atoms with Crippen molar-refractivity contribution in [1.29, 1.82) is 5.26 Å². The summed E-state index contributed by atoms with van der Waals surface area (Å²) >= 11 is 0. The summed E-state index contributed by atoms with van der Waals surface area (Å²) in [6, 6.07) is 14.6. The minimum absolute atomic E-state index is 0.0622. The van der Waals surface area contributed by atoms with E-state index in [0.717, 1.165) is 36.3 Å². The van der Waals surface area contributed by atoms with E-state index in [1.54, 1.807) is 0 Å². The number of rotatable bonds is 10. The number of nitrogens with zero attached hydrogens (tertiary/aromatic N) is 2. The van der Waals surface area contributed by atoms with Crippen LogP contribution in [0.25, 0.3) is 11.3 Å². The summed E-state index contributed by atoms with van der Waals surface area (Å²) < 4.78 is 5.97. The second-order valence-corrected chi connectivity index (χ2v) is 6.37. The van der Waals surface area contributed by atoms with E-state index >= 15 is 0 Å². The quantitative estimate of drug-likeness (QED) is 0.515. The first-order chi connectivity index (χ1) is 12.3. The highest BCUT2D eigenvalue weighted by molar-refractivity contribution is 5.67. The molecule has 0 radical (unpaired) electrons. The van der Waals surface area contributed by atoms with E-state index in [2.05, 4.69) is 36.2 Å². The fraction of sp³-hybridized carbons (Fsp3) is 0.455. The second-order valence-electron chi connectivity index (χ2n) is 6.37. The fourth-order valence-corrected chi connectivity index (χ4v) is 2.83. The topological polar surface area (TPSA) is 45.9 Å². The Morgan fingerprint density at radius 1 is 1.16 bits per heavy atom. The monoisotopic (exact) mass is 336 g/mol. The third kappa shape index (κ3) is 5.90. The molecule has 1 aromatic carbocycles. The van der Waals surface area contributed by atoms with E-state index in [4.69, 9.17) is 10.00 Å². The summed E-state index contributed by atoms with van der Waals surface area (Å²) in [4.78, 5) is 4.54. The number of para-hydroxylation sites is 1. The van der Waals surface area contributed by atoms with Gasteiger partial charge in [0.2, 0.25) is 0 Å². The van der Waals surface area contributed by atoms with Gasteiger partial charge in [0.15, 0.2) is 0 Å². The van der Waals surface area contributed by atoms with E-state index in [0.29, 0.717) is 6.61 Å². The van der Waals surface area contributed by atoms with Gasteiger partial charge in [-0.15, -0.1) is 0 Å². The van der Waals surface area contributed by atoms with Crippen molar-refractivity contribution in [2.75, 3.05) is 6.61 Å². The molecule has 0 aliphatic carbocycles. The molecule has 3 nitrogen and oxygen atoms in total. The molecule has 1 aromatic heterocycles. The van der Waals surface area contributed by atoms with E-state index < -0.39 is 0 Å². The average Bonchev–Trinajstić information content (AvgIpc) is 2.66. The van der Waals surface area contributed by atoms with Gasteiger partial charge in [-0.25, -0.2) is 0 Å². The summed E-state index contributed by atoms with van der Waals surface area (Å²) in [7, 11) is 0. The minimum Gasteiger partial charge on any atom is -0.493 e. The first-order valence-electron chi connectivity index (χ1n) is 9.35. The van der Waals surface area contributed by atoms with Crippen LogP contribution in [0.3, 0.4) is 0 Å². The molecule has 0 aliphatic rings. The maximum Gasteiger partial charge on any atom is 0.128 e. The van der Waals surface area contributed by atoms with Crippen LogP contribution in [0.15, 0.2) is 42.6 Å². The van der Waals surface area contributed by atoms with Gasteiger partial charge in [0, 0.05) is 17.7 Å². The lowest BCUT2D eigenvalue weighted by atomic mass is 10.0. The summed E-state index contributed by atoms with van der Waals surface area (Å²) in [5.74, 6) is 0.903. The zero-order chi connectivity index (χ0) is 17.9. The third-order valence-corrected chi connectivity index (χ3v) is 4.46. The molecule has 2 aromatic rings. The van der Waals surface area contributed by atoms with Gasteiger partial charge in [0.1, 0.15) is 5.75 Å². The van der Waals surface area contributed by atoms with Crippen LogP contribution in [0.1, 0.15) is 51.5 Å². The van der Waals surface area contributed by atoms with E-state index in [1.807, 2.05) is 31.3 Å². The number of ether oxygens (including phenoxy) is 1. The number of benzene rings is 1. The Kier molecular flexibility index (Phi) is 7.98. The molecule has 132 valence electrons. The maximum atomic E-state index is 9.06. The minimum atomic E-state index is 0.0622. The first kappa shape index (κ1) is 19.0. The molecule has 0 saturated carbocycles. The number of pyridine rings is 1. The van der Waals surface area contributed by atoms with E-state index in [1.165, 1.54) is 24.8 Å². The zero-order valence-corrected chi connectivity index (χ0v) is 15.4. The van der Waals surface area contributed by atoms with Crippen LogP contribution in [0.2, 0.25) is 0 Å². The van der Waals surface area contributed by atoms with Gasteiger partial charge in [0.05, 0.1) is 18.4 Å². The summed E-state index contributed by atoms with van der Waals surface area (Å²) in [5, 5.41) is 9.06. The Balaban J connectivity index is 2.09. The molecule has 0 saturated heterocycles. The molecular formula is C22H28N2O. The Hall–Kier alpha value is -2.34. The standard InChI is InChI=1S/C22H28N2O/c1-3-5-6-9-19-12-14-24-21(16-19)20-10-7-8-11-22(20)25-15-13-18(4-2)17-23/h7-8,10-12,14,16,18H,3-6,9,13,15H2,1-2H3. The number of nitriles is 1. The summed E-state index contributed by atoms with van der Waals surface area (Å²) in [5.41, 5.74) is 3.30. The summed E-state index contributed by atoms with van der Waals surface area (Å²) in [6.45, 7) is 4.82. The molecule has 2 rings (SSSR count). The molecule has 1 unspecified atom stereocenters. The molecule has 1 heterocycles. The van der Waals surface area contributed by atoms with Gasteiger partial charge in [-0.2, -0.15) is 5.26 Å². The molecule has 25 heavy (non-hydrogen) atoms. The third-order valence-electron chi connectivity index (χ3n) is 4.46. The molecular weight excluding hydrogens is 308 g/mol. The summed E-state index contributed by atoms with van der Waals surface area (Å²) in [6.07, 6.45) is 8.30. The highest BCUT2D eigenvalue weighted by Crippen LogP contribution is 2.29. The van der Waals surface area contributed by atoms with Crippen molar-refractivity contribution in [1.82, 2.24) is 4.98 Å². The normalized spacial score (nSPS) is 11.7. The highest BCUT2D eigenvalue weighted by atomic mass is 16.5. The largest absolute Gasteiger partial charge is 0.493 e. The SMILES string of the molecule is CCCCCc1ccnc(-c2ccccc2OCCC(C#N)CC)c1. The molecule has 0 bridgehead atoms. The predicted octanol–water partition coefficient (Wildman–Crippen LogP) is 5.80. The predicted molar refractivity (Wildman–Crippen MR) is 102 cm³/mol. The average molecular weight is 336 g/mol. The lowest BCUT2D eigenvalue weighted by Gasteiger charge is -2.13. The number of hydrogen-bond donors (Lipinski definition) is 0. The molecule has 3 heteroatoms. The van der Waals surface area contributed by atoms with Gasteiger partial charge in [0.25, 0.3) is 0 Å². The van der Waals surface area contributed by atoms with Gasteiger partial charge >= 0.3 is 0 Å². The Labute approximate surface area is 151 Å². The number of unbranched alkanes of at least 4 members (excludes halogenated alkanes) is 2. The van der Waals surface area contributed by atoms with E-state index in [9.17, 15) is 0 Å². The zero-order valence-electron chi connectivity index (χ0n) is 15.4. The van der Waals surface area contributed by atoms with Crippen molar-refractivity contribution in [2.24, 2.45) is 5.92 Å². The Morgan fingerprint density at radius 2 is 2.00 bits per heavy atom. The Bertz CT molecular complexity index is 690. The molecule has 1 atom stereocenters. The van der Waals surface area contributed by atoms with Crippen LogP contribution in [0.4, 0.5) is 0 Å². The first-order valence-corrected chi connectivity index (χ1v) is 9.35. The van der Waals surface area contributed by atoms with Crippen molar-refractivity contribution in [3.8, 4) is 23.1 Å². The van der Waals surface area contributed by atoms with Crippen molar-refractivity contribution in [3.05, 3.63) is 48.2 Å². The Morgan fingerprint density at radius 3 is 2.76 bits per heavy atom. The van der Waals surface area contributed by atoms with Crippen LogP contribution in [-0.2, 0) is 6.42 Å². The molecule has 0 N–H and O–H groups in total. The maximum absolute atomic E-state index is 9.06. The molecule has 0 fully saturated rings. The second kappa shape index (κ2) is 10.5. The van der Waals surface area contributed by atoms with Gasteiger partial charge in [-0.1, -0.05) is 38.8 Å². The lowest BCUT2D eigenvalue weighted by molar-refractivity contribution is 0.292. The molecule has 0 aliphatic heterocycles. The van der Waals surface area contributed by atoms with Gasteiger partial charge in [-0.3, -0.25) is 4.98 Å².